The largest absolute Gasteiger partial charge is 0.496 e. The van der Waals surface area contributed by atoms with Crippen molar-refractivity contribution < 1.29 is 18.3 Å². The molecule has 0 aliphatic heterocycles. The van der Waals surface area contributed by atoms with Gasteiger partial charge in [0.2, 0.25) is 0 Å². The summed E-state index contributed by atoms with van der Waals surface area (Å²) in [6.07, 6.45) is -2.74. The molecule has 1 rings (SSSR count). The summed E-state index contributed by atoms with van der Waals surface area (Å²) in [7, 11) is 1.25. The second-order valence-corrected chi connectivity index (χ2v) is 3.58. The summed E-state index contributed by atoms with van der Waals surface area (Å²) >= 11 is 8.13. The number of alkyl halides is 2. The Morgan fingerprint density at radius 1 is 1.67 bits per heavy atom. The minimum absolute atomic E-state index is 0.0350. The van der Waals surface area contributed by atoms with E-state index in [1.807, 2.05) is 0 Å². The van der Waals surface area contributed by atoms with E-state index in [0.29, 0.717) is 0 Å². The molecule has 7 heteroatoms. The number of pyridine rings is 1. The summed E-state index contributed by atoms with van der Waals surface area (Å²) in [5.41, 5.74) is -0.552. The van der Waals surface area contributed by atoms with Gasteiger partial charge in [-0.15, -0.1) is 0 Å². The first-order valence-corrected chi connectivity index (χ1v) is 4.87. The number of hydrogen-bond donors (Lipinski definition) is 0. The molecule has 1 aromatic heterocycles. The van der Waals surface area contributed by atoms with Crippen molar-refractivity contribution in [3.63, 3.8) is 0 Å². The molecule has 0 bridgehead atoms. The molecule has 0 unspecified atom stereocenters. The molecule has 0 fully saturated rings. The van der Waals surface area contributed by atoms with Crippen molar-refractivity contribution in [1.29, 1.82) is 0 Å². The molecule has 0 aromatic carbocycles. The molecular weight excluding hydrogens is 295 g/mol. The molecule has 3 nitrogen and oxygen atoms in total. The summed E-state index contributed by atoms with van der Waals surface area (Å²) in [5.74, 6) is -0.0350. The van der Waals surface area contributed by atoms with Gasteiger partial charge in [-0.05, 0) is 27.5 Å². The highest BCUT2D eigenvalue weighted by Crippen LogP contribution is 2.31. The lowest BCUT2D eigenvalue weighted by molar-refractivity contribution is 0.107. The molecule has 0 N–H and O–H groups in total. The predicted molar refractivity (Wildman–Crippen MR) is 53.6 cm³/mol. The van der Waals surface area contributed by atoms with Crippen LogP contribution in [-0.2, 0) is 0 Å². The Bertz CT molecular complexity index is 400. The second kappa shape index (κ2) is 4.85. The summed E-state index contributed by atoms with van der Waals surface area (Å²) in [4.78, 5) is 14.4. The molecule has 0 saturated heterocycles. The fourth-order valence-electron chi connectivity index (χ4n) is 0.960. The average Bonchev–Trinajstić information content (AvgIpc) is 2.15. The van der Waals surface area contributed by atoms with Gasteiger partial charge in [-0.25, -0.2) is 13.8 Å². The summed E-state index contributed by atoms with van der Waals surface area (Å²) in [6, 6.07) is 0.977. The fourth-order valence-corrected chi connectivity index (χ4v) is 1.84. The number of nitrogens with zero attached hydrogens (tertiary/aromatic N) is 1. The number of carbonyl (C=O) groups is 1. The predicted octanol–water partition coefficient (Wildman–Crippen LogP) is 3.17. The Kier molecular flexibility index (Phi) is 3.98. The van der Waals surface area contributed by atoms with Crippen LogP contribution in [0.5, 0.6) is 5.75 Å². The Hall–Kier alpha value is -0.750. The van der Waals surface area contributed by atoms with Gasteiger partial charge >= 0.3 is 0 Å². The molecule has 0 aliphatic rings. The molecule has 1 aromatic rings. The Balaban J connectivity index is 3.37. The lowest BCUT2D eigenvalue weighted by atomic mass is 10.2. The van der Waals surface area contributed by atoms with Gasteiger partial charge in [-0.2, -0.15) is 0 Å². The third-order valence-corrected chi connectivity index (χ3v) is 2.36. The van der Waals surface area contributed by atoms with Crippen LogP contribution in [0, 0.1) is 0 Å². The lowest BCUT2D eigenvalue weighted by Gasteiger charge is -2.08. The van der Waals surface area contributed by atoms with Crippen LogP contribution in [-0.4, -0.2) is 17.3 Å². The molecule has 0 amide bonds. The highest BCUT2D eigenvalue weighted by atomic mass is 79.9. The zero-order valence-electron chi connectivity index (χ0n) is 7.43. The van der Waals surface area contributed by atoms with Gasteiger partial charge in [0.25, 0.3) is 11.7 Å². The topological polar surface area (TPSA) is 39.2 Å². The van der Waals surface area contributed by atoms with Crippen LogP contribution in [0.3, 0.4) is 0 Å². The third kappa shape index (κ3) is 2.63. The van der Waals surface area contributed by atoms with Crippen molar-refractivity contribution in [2.75, 3.05) is 7.11 Å². The SMILES string of the molecule is COc1cc(C(F)F)nc(Br)c1C(=O)Cl. The van der Waals surface area contributed by atoms with E-state index in [-0.39, 0.29) is 15.9 Å². The highest BCUT2D eigenvalue weighted by Gasteiger charge is 2.20. The number of methoxy groups -OCH3 is 1. The van der Waals surface area contributed by atoms with Crippen molar-refractivity contribution in [3.8, 4) is 5.75 Å². The second-order valence-electron chi connectivity index (χ2n) is 2.49. The Morgan fingerprint density at radius 3 is 2.67 bits per heavy atom. The van der Waals surface area contributed by atoms with E-state index in [1.165, 1.54) is 7.11 Å². The number of halogens is 4. The number of carbonyl (C=O) groups excluding carboxylic acids is 1. The number of ether oxygens (including phenoxy) is 1. The fraction of sp³-hybridized carbons (Fsp3) is 0.250. The van der Waals surface area contributed by atoms with E-state index in [1.54, 1.807) is 0 Å². The Morgan fingerprint density at radius 2 is 2.27 bits per heavy atom. The first kappa shape index (κ1) is 12.3. The van der Waals surface area contributed by atoms with Crippen LogP contribution in [0.15, 0.2) is 10.7 Å². The van der Waals surface area contributed by atoms with E-state index < -0.39 is 17.4 Å². The molecule has 0 saturated carbocycles. The summed E-state index contributed by atoms with van der Waals surface area (Å²) < 4.78 is 29.4. The molecule has 15 heavy (non-hydrogen) atoms. The minimum Gasteiger partial charge on any atom is -0.496 e. The van der Waals surface area contributed by atoms with Crippen LogP contribution >= 0.6 is 27.5 Å². The molecule has 0 spiro atoms. The van der Waals surface area contributed by atoms with Crippen LogP contribution in [0.1, 0.15) is 22.5 Å². The van der Waals surface area contributed by atoms with Gasteiger partial charge in [-0.3, -0.25) is 4.79 Å². The van der Waals surface area contributed by atoms with E-state index in [2.05, 4.69) is 20.9 Å². The van der Waals surface area contributed by atoms with Crippen LogP contribution in [0.2, 0.25) is 0 Å². The van der Waals surface area contributed by atoms with Crippen LogP contribution in [0.4, 0.5) is 8.78 Å². The number of rotatable bonds is 3. The van der Waals surface area contributed by atoms with Crippen molar-refractivity contribution in [2.45, 2.75) is 6.43 Å². The van der Waals surface area contributed by atoms with E-state index in [9.17, 15) is 13.6 Å². The zero-order chi connectivity index (χ0) is 11.6. The molecule has 0 atom stereocenters. The van der Waals surface area contributed by atoms with Crippen LogP contribution in [0.25, 0.3) is 0 Å². The quantitative estimate of drug-likeness (QED) is 0.636. The first-order chi connectivity index (χ1) is 6.97. The molecule has 82 valence electrons. The average molecular weight is 300 g/mol. The van der Waals surface area contributed by atoms with Gasteiger partial charge < -0.3 is 4.74 Å². The van der Waals surface area contributed by atoms with Crippen molar-refractivity contribution in [1.82, 2.24) is 4.98 Å². The Labute approximate surface area is 97.5 Å². The van der Waals surface area contributed by atoms with Crippen LogP contribution < -0.4 is 4.74 Å². The maximum absolute atomic E-state index is 12.3. The van der Waals surface area contributed by atoms with Crippen molar-refractivity contribution in [2.24, 2.45) is 0 Å². The first-order valence-electron chi connectivity index (χ1n) is 3.69. The van der Waals surface area contributed by atoms with Gasteiger partial charge in [0, 0.05) is 6.07 Å². The van der Waals surface area contributed by atoms with Crippen molar-refractivity contribution >= 4 is 32.8 Å². The van der Waals surface area contributed by atoms with Gasteiger partial charge in [-0.1, -0.05) is 0 Å². The smallest absolute Gasteiger partial charge is 0.280 e. The lowest BCUT2D eigenvalue weighted by Crippen LogP contribution is -2.02. The monoisotopic (exact) mass is 299 g/mol. The van der Waals surface area contributed by atoms with E-state index >= 15 is 0 Å². The zero-order valence-corrected chi connectivity index (χ0v) is 9.77. The molecule has 0 radical (unpaired) electrons. The third-order valence-electron chi connectivity index (χ3n) is 1.60. The summed E-state index contributed by atoms with van der Waals surface area (Å²) in [5, 5.41) is -0.827. The van der Waals surface area contributed by atoms with Gasteiger partial charge in [0.1, 0.15) is 21.6 Å². The number of aromatic nitrogens is 1. The van der Waals surface area contributed by atoms with E-state index in [4.69, 9.17) is 16.3 Å². The number of hydrogen-bond acceptors (Lipinski definition) is 3. The maximum Gasteiger partial charge on any atom is 0.280 e. The van der Waals surface area contributed by atoms with Gasteiger partial charge in [0.15, 0.2) is 0 Å². The van der Waals surface area contributed by atoms with Crippen molar-refractivity contribution in [3.05, 3.63) is 21.9 Å². The molecular formula is C8H5BrClF2NO2. The maximum atomic E-state index is 12.3. The molecule has 1 heterocycles. The normalized spacial score (nSPS) is 10.5. The summed E-state index contributed by atoms with van der Waals surface area (Å²) in [6.45, 7) is 0. The highest BCUT2D eigenvalue weighted by molar-refractivity contribution is 9.10. The standard InChI is InChI=1S/C8H5BrClF2NO2/c1-15-4-2-3(8(11)12)13-6(9)5(4)7(10)14/h2,8H,1H3. The minimum atomic E-state index is -2.74. The van der Waals surface area contributed by atoms with E-state index in [0.717, 1.165) is 6.07 Å². The van der Waals surface area contributed by atoms with Gasteiger partial charge in [0.05, 0.1) is 7.11 Å². The molecule has 0 aliphatic carbocycles.